The minimum absolute atomic E-state index is 0.0471. The number of likely N-dealkylation sites (N-methyl/N-ethyl adjacent to an activating group) is 1. The molecule has 0 saturated heterocycles. The zero-order valence-electron chi connectivity index (χ0n) is 12.7. The highest BCUT2D eigenvalue weighted by Crippen LogP contribution is 2.36. The number of halogens is 2. The van der Waals surface area contributed by atoms with E-state index in [0.29, 0.717) is 0 Å². The van der Waals surface area contributed by atoms with Gasteiger partial charge in [0.1, 0.15) is 17.2 Å². The van der Waals surface area contributed by atoms with Gasteiger partial charge in [-0.25, -0.2) is 13.8 Å². The van der Waals surface area contributed by atoms with E-state index in [1.54, 1.807) is 0 Å². The molecule has 0 fully saturated rings. The molecular formula is C17H15F2NO4. The average molecular weight is 335 g/mol. The van der Waals surface area contributed by atoms with Crippen molar-refractivity contribution in [2.75, 3.05) is 7.05 Å². The fourth-order valence-corrected chi connectivity index (χ4v) is 2.42. The molecule has 0 spiro atoms. The quantitative estimate of drug-likeness (QED) is 0.498. The topological polar surface area (TPSA) is 77.8 Å². The maximum absolute atomic E-state index is 14.2. The van der Waals surface area contributed by atoms with Crippen LogP contribution in [0.4, 0.5) is 8.78 Å². The van der Waals surface area contributed by atoms with Crippen LogP contribution < -0.4 is 0 Å². The Morgan fingerprint density at radius 2 is 1.42 bits per heavy atom. The number of carbonyl (C=O) groups excluding carboxylic acids is 2. The number of aliphatic hydroxyl groups is 1. The number of ketones is 1. The van der Waals surface area contributed by atoms with Gasteiger partial charge in [0, 0.05) is 18.2 Å². The summed E-state index contributed by atoms with van der Waals surface area (Å²) in [6.45, 7) is 0. The monoisotopic (exact) mass is 335 g/mol. The Labute approximate surface area is 136 Å². The predicted molar refractivity (Wildman–Crippen MR) is 80.0 cm³/mol. The van der Waals surface area contributed by atoms with Crippen molar-refractivity contribution in [3.8, 4) is 0 Å². The van der Waals surface area contributed by atoms with Crippen molar-refractivity contribution in [1.82, 2.24) is 5.06 Å². The Bertz CT molecular complexity index is 731. The minimum atomic E-state index is -2.40. The Kier molecular flexibility index (Phi) is 5.06. The number of nitrogens with zero attached hydrogens (tertiary/aromatic N) is 1. The minimum Gasteiger partial charge on any atom is -0.380 e. The second-order valence-electron chi connectivity index (χ2n) is 5.25. The van der Waals surface area contributed by atoms with Crippen molar-refractivity contribution in [1.29, 1.82) is 0 Å². The van der Waals surface area contributed by atoms with E-state index < -0.39 is 35.3 Å². The van der Waals surface area contributed by atoms with E-state index in [1.807, 2.05) is 0 Å². The van der Waals surface area contributed by atoms with Crippen molar-refractivity contribution < 1.29 is 28.7 Å². The molecular weight excluding hydrogens is 320 g/mol. The number of rotatable bonds is 5. The van der Waals surface area contributed by atoms with Crippen molar-refractivity contribution in [2.24, 2.45) is 0 Å². The van der Waals surface area contributed by atoms with E-state index >= 15 is 0 Å². The lowest BCUT2D eigenvalue weighted by molar-refractivity contribution is -0.166. The summed E-state index contributed by atoms with van der Waals surface area (Å²) < 4.78 is 28.3. The fourth-order valence-electron chi connectivity index (χ4n) is 2.42. The molecule has 0 aliphatic carbocycles. The van der Waals surface area contributed by atoms with Crippen LogP contribution in [0.3, 0.4) is 0 Å². The summed E-state index contributed by atoms with van der Waals surface area (Å²) in [5.41, 5.74) is -3.10. The van der Waals surface area contributed by atoms with Crippen LogP contribution in [0.5, 0.6) is 0 Å². The second kappa shape index (κ2) is 6.86. The van der Waals surface area contributed by atoms with Gasteiger partial charge in [-0.15, -0.1) is 0 Å². The standard InChI is InChI=1S/C17H15F2NO4/c1-20(24)16(22)15(21)10-17(23,11-6-2-4-8-13(11)18)12-7-3-5-9-14(12)19/h2-9,23-24H,10H2,1H3. The highest BCUT2D eigenvalue weighted by Gasteiger charge is 2.40. The van der Waals surface area contributed by atoms with Gasteiger partial charge < -0.3 is 5.11 Å². The molecule has 7 heteroatoms. The molecule has 0 radical (unpaired) electrons. The molecule has 5 nitrogen and oxygen atoms in total. The van der Waals surface area contributed by atoms with E-state index in [2.05, 4.69) is 0 Å². The number of hydrogen-bond donors (Lipinski definition) is 2. The van der Waals surface area contributed by atoms with Gasteiger partial charge in [0.2, 0.25) is 5.78 Å². The molecule has 2 aromatic carbocycles. The number of Topliss-reactive ketones (excluding diaryl/α,β-unsaturated/α-hetero) is 1. The van der Waals surface area contributed by atoms with E-state index in [-0.39, 0.29) is 16.2 Å². The Balaban J connectivity index is 2.59. The molecule has 2 aromatic rings. The normalized spacial score (nSPS) is 11.2. The molecule has 2 N–H and O–H groups in total. The number of carbonyl (C=O) groups is 2. The summed E-state index contributed by atoms with van der Waals surface area (Å²) in [5, 5.41) is 20.1. The van der Waals surface area contributed by atoms with E-state index in [0.717, 1.165) is 19.2 Å². The first-order valence-corrected chi connectivity index (χ1v) is 6.99. The lowest BCUT2D eigenvalue weighted by atomic mass is 9.81. The van der Waals surface area contributed by atoms with Gasteiger partial charge in [0.15, 0.2) is 0 Å². The van der Waals surface area contributed by atoms with Crippen LogP contribution in [0, 0.1) is 11.6 Å². The zero-order chi connectivity index (χ0) is 17.9. The van der Waals surface area contributed by atoms with Crippen LogP contribution in [-0.4, -0.2) is 34.1 Å². The lowest BCUT2D eigenvalue weighted by Gasteiger charge is -2.29. The molecule has 0 saturated carbocycles. The van der Waals surface area contributed by atoms with Gasteiger partial charge in [-0.2, -0.15) is 0 Å². The number of amides is 1. The zero-order valence-corrected chi connectivity index (χ0v) is 12.7. The third-order valence-corrected chi connectivity index (χ3v) is 3.59. The third kappa shape index (κ3) is 3.32. The van der Waals surface area contributed by atoms with Crippen molar-refractivity contribution >= 4 is 11.7 Å². The van der Waals surface area contributed by atoms with Crippen LogP contribution in [-0.2, 0) is 15.2 Å². The van der Waals surface area contributed by atoms with Crippen LogP contribution in [0.2, 0.25) is 0 Å². The summed E-state index contributed by atoms with van der Waals surface area (Å²) in [4.78, 5) is 23.6. The number of benzene rings is 2. The number of hydrogen-bond acceptors (Lipinski definition) is 4. The number of hydroxylamine groups is 2. The van der Waals surface area contributed by atoms with Gasteiger partial charge >= 0.3 is 5.91 Å². The Morgan fingerprint density at radius 3 is 1.79 bits per heavy atom. The molecule has 0 aromatic heterocycles. The highest BCUT2D eigenvalue weighted by molar-refractivity contribution is 6.35. The molecule has 0 aliphatic heterocycles. The maximum atomic E-state index is 14.2. The summed E-state index contributed by atoms with van der Waals surface area (Å²) in [6.07, 6.45) is -0.932. The van der Waals surface area contributed by atoms with Gasteiger partial charge in [-0.1, -0.05) is 36.4 Å². The smallest absolute Gasteiger partial charge is 0.313 e. The molecule has 0 aliphatic rings. The molecule has 1 amide bonds. The molecule has 2 rings (SSSR count). The first kappa shape index (κ1) is 17.7. The molecule has 0 heterocycles. The van der Waals surface area contributed by atoms with Crippen LogP contribution >= 0.6 is 0 Å². The summed E-state index contributed by atoms with van der Waals surface area (Å²) >= 11 is 0. The molecule has 0 atom stereocenters. The van der Waals surface area contributed by atoms with Crippen LogP contribution in [0.15, 0.2) is 48.5 Å². The predicted octanol–water partition coefficient (Wildman–Crippen LogP) is 2.01. The molecule has 0 bridgehead atoms. The first-order valence-electron chi connectivity index (χ1n) is 6.99. The average Bonchev–Trinajstić information content (AvgIpc) is 2.54. The molecule has 0 unspecified atom stereocenters. The van der Waals surface area contributed by atoms with Crippen molar-refractivity contribution in [3.63, 3.8) is 0 Å². The van der Waals surface area contributed by atoms with Crippen molar-refractivity contribution in [2.45, 2.75) is 12.0 Å². The van der Waals surface area contributed by atoms with Gasteiger partial charge in [-0.05, 0) is 12.1 Å². The first-order chi connectivity index (χ1) is 11.3. The largest absolute Gasteiger partial charge is 0.380 e. The highest BCUT2D eigenvalue weighted by atomic mass is 19.1. The summed E-state index contributed by atoms with van der Waals surface area (Å²) in [6, 6.07) is 10.1. The third-order valence-electron chi connectivity index (χ3n) is 3.59. The van der Waals surface area contributed by atoms with E-state index in [9.17, 15) is 23.5 Å². The second-order valence-corrected chi connectivity index (χ2v) is 5.25. The molecule has 126 valence electrons. The van der Waals surface area contributed by atoms with Gasteiger partial charge in [0.05, 0.1) is 6.42 Å². The van der Waals surface area contributed by atoms with E-state index in [4.69, 9.17) is 5.21 Å². The van der Waals surface area contributed by atoms with Crippen LogP contribution in [0.25, 0.3) is 0 Å². The van der Waals surface area contributed by atoms with Gasteiger partial charge in [-0.3, -0.25) is 14.8 Å². The van der Waals surface area contributed by atoms with Crippen molar-refractivity contribution in [3.05, 3.63) is 71.3 Å². The Morgan fingerprint density at radius 1 is 1.00 bits per heavy atom. The SMILES string of the molecule is CN(O)C(=O)C(=O)CC(O)(c1ccccc1F)c1ccccc1F. The summed E-state index contributed by atoms with van der Waals surface area (Å²) in [7, 11) is 0.936. The molecule has 24 heavy (non-hydrogen) atoms. The van der Waals surface area contributed by atoms with E-state index in [1.165, 1.54) is 36.4 Å². The maximum Gasteiger partial charge on any atom is 0.313 e. The Hall–Kier alpha value is -2.64. The fraction of sp³-hybridized carbons (Fsp3) is 0.176. The van der Waals surface area contributed by atoms with Crippen LogP contribution in [0.1, 0.15) is 17.5 Å². The summed E-state index contributed by atoms with van der Waals surface area (Å²) in [5.74, 6) is -4.23. The van der Waals surface area contributed by atoms with Gasteiger partial charge in [0.25, 0.3) is 0 Å². The lowest BCUT2D eigenvalue weighted by Crippen LogP contribution is -2.38.